The zero-order valence-corrected chi connectivity index (χ0v) is 25.0. The van der Waals surface area contributed by atoms with Crippen molar-refractivity contribution >= 4 is 24.0 Å². The minimum absolute atomic E-state index is 0.119. The van der Waals surface area contributed by atoms with E-state index < -0.39 is 0 Å². The highest BCUT2D eigenvalue weighted by molar-refractivity contribution is 8.03. The molecule has 1 aliphatic carbocycles. The van der Waals surface area contributed by atoms with Gasteiger partial charge in [-0.1, -0.05) is 30.5 Å². The quantitative estimate of drug-likeness (QED) is 0.110. The number of carbonyl (C=O) groups excluding carboxylic acids is 1. The van der Waals surface area contributed by atoms with Gasteiger partial charge in [-0.15, -0.1) is 0 Å². The van der Waals surface area contributed by atoms with E-state index in [0.717, 1.165) is 60.0 Å². The SMILES string of the molecule is C=C/C(=C\C(OC1=CCCC=C1)=C(/C)N=CN/C(=C\NC)C1CCN(C(C)=O)CC1)Sc1cnc(C#N)c(OC)c1. The lowest BCUT2D eigenvalue weighted by Gasteiger charge is -2.32. The maximum atomic E-state index is 11.7. The molecule has 0 radical (unpaired) electrons. The molecule has 0 atom stereocenters. The molecule has 1 fully saturated rings. The molecule has 0 saturated carbocycles. The summed E-state index contributed by atoms with van der Waals surface area (Å²) in [6.07, 6.45) is 18.6. The third-order valence-corrected chi connectivity index (χ3v) is 7.56. The summed E-state index contributed by atoms with van der Waals surface area (Å²) in [6, 6.07) is 3.80. The van der Waals surface area contributed by atoms with Crippen LogP contribution in [-0.2, 0) is 9.53 Å². The zero-order chi connectivity index (χ0) is 29.6. The Hall–Kier alpha value is -4.23. The van der Waals surface area contributed by atoms with Crippen molar-refractivity contribution in [2.45, 2.75) is 44.4 Å². The van der Waals surface area contributed by atoms with Gasteiger partial charge in [0.05, 0.1) is 19.1 Å². The van der Waals surface area contributed by atoms with E-state index in [4.69, 9.17) is 9.47 Å². The van der Waals surface area contributed by atoms with Crippen molar-refractivity contribution in [3.8, 4) is 11.8 Å². The predicted octanol–water partition coefficient (Wildman–Crippen LogP) is 5.54. The van der Waals surface area contributed by atoms with Crippen molar-refractivity contribution in [2.24, 2.45) is 10.9 Å². The van der Waals surface area contributed by atoms with E-state index in [1.54, 1.807) is 31.6 Å². The summed E-state index contributed by atoms with van der Waals surface area (Å²) >= 11 is 1.43. The summed E-state index contributed by atoms with van der Waals surface area (Å²) in [5, 5.41) is 15.7. The van der Waals surface area contributed by atoms with Crippen LogP contribution in [0.5, 0.6) is 5.75 Å². The van der Waals surface area contributed by atoms with Crippen LogP contribution in [0.1, 0.15) is 45.2 Å². The molecule has 10 heteroatoms. The van der Waals surface area contributed by atoms with Crippen LogP contribution in [0.15, 0.2) is 93.1 Å². The van der Waals surface area contributed by atoms with Crippen molar-refractivity contribution in [3.63, 3.8) is 0 Å². The number of nitrogens with zero attached hydrogens (tertiary/aromatic N) is 4. The number of rotatable bonds is 12. The number of aliphatic imine (C=N–C) groups is 1. The summed E-state index contributed by atoms with van der Waals surface area (Å²) in [6.45, 7) is 8.97. The molecule has 2 aliphatic rings. The molecule has 1 amide bonds. The Bertz CT molecular complexity index is 1330. The third-order valence-electron chi connectivity index (χ3n) is 6.58. The number of nitrogens with one attached hydrogen (secondary N) is 2. The predicted molar refractivity (Wildman–Crippen MR) is 164 cm³/mol. The van der Waals surface area contributed by atoms with E-state index in [1.165, 1.54) is 18.9 Å². The number of hydrogen-bond donors (Lipinski definition) is 2. The number of ether oxygens (including phenoxy) is 2. The topological polar surface area (TPSA) is 112 Å². The van der Waals surface area contributed by atoms with Crippen LogP contribution in [-0.4, -0.2) is 49.4 Å². The first-order valence-corrected chi connectivity index (χ1v) is 14.3. The second-order valence-corrected chi connectivity index (χ2v) is 10.5. The Morgan fingerprint density at radius 2 is 2.10 bits per heavy atom. The average molecular weight is 575 g/mol. The normalized spacial score (nSPS) is 17.0. The molecule has 0 aromatic carbocycles. The second kappa shape index (κ2) is 16.1. The van der Waals surface area contributed by atoms with Crippen molar-refractivity contribution in [2.75, 3.05) is 27.2 Å². The molecule has 0 spiro atoms. The van der Waals surface area contributed by atoms with Crippen LogP contribution in [0.3, 0.4) is 0 Å². The van der Waals surface area contributed by atoms with Crippen LogP contribution < -0.4 is 15.4 Å². The number of likely N-dealkylation sites (tertiary alicyclic amines) is 1. The molecular formula is C31H38N6O3S. The highest BCUT2D eigenvalue weighted by Crippen LogP contribution is 2.32. The monoisotopic (exact) mass is 574 g/mol. The third kappa shape index (κ3) is 9.43. The van der Waals surface area contributed by atoms with E-state index in [-0.39, 0.29) is 11.6 Å². The molecule has 0 unspecified atom stereocenters. The number of pyridine rings is 1. The Balaban J connectivity index is 1.83. The standard InChI is InChI=1S/C31H38N6O3S/c1-6-26(41-27-17-31(39-5)28(18-32)34-19-27)16-30(40-25-10-8-7-9-11-25)22(2)35-21-36-29(20-33-4)24-12-14-37(15-13-24)23(3)38/h6,8,10-11,16-17,19-21,24,33H,1,7,9,12-15H2,2-5H3,(H,35,36)/b26-16+,29-20-,30-22-. The summed E-state index contributed by atoms with van der Waals surface area (Å²) in [7, 11) is 3.38. The largest absolute Gasteiger partial charge is 0.494 e. The number of hydrogen-bond acceptors (Lipinski definition) is 8. The molecule has 1 aromatic rings. The molecule has 2 heterocycles. The maximum absolute atomic E-state index is 11.7. The fraction of sp³-hybridized carbons (Fsp3) is 0.355. The number of methoxy groups -OCH3 is 1. The summed E-state index contributed by atoms with van der Waals surface area (Å²) in [5.41, 5.74) is 1.92. The van der Waals surface area contributed by atoms with Crippen molar-refractivity contribution in [1.82, 2.24) is 20.5 Å². The highest BCUT2D eigenvalue weighted by Gasteiger charge is 2.23. The van der Waals surface area contributed by atoms with Crippen LogP contribution in [0.4, 0.5) is 0 Å². The van der Waals surface area contributed by atoms with E-state index >= 15 is 0 Å². The number of carbonyl (C=O) groups is 1. The van der Waals surface area contributed by atoms with Crippen LogP contribution >= 0.6 is 11.8 Å². The fourth-order valence-corrected chi connectivity index (χ4v) is 5.12. The maximum Gasteiger partial charge on any atom is 0.219 e. The summed E-state index contributed by atoms with van der Waals surface area (Å²) < 4.78 is 11.6. The van der Waals surface area contributed by atoms with Crippen molar-refractivity contribution in [1.29, 1.82) is 5.26 Å². The molecule has 1 saturated heterocycles. The van der Waals surface area contributed by atoms with Gasteiger partial charge in [-0.2, -0.15) is 5.26 Å². The van der Waals surface area contributed by atoms with Gasteiger partial charge in [-0.3, -0.25) is 4.79 Å². The number of amides is 1. The van der Waals surface area contributed by atoms with Gasteiger partial charge in [0.2, 0.25) is 5.91 Å². The van der Waals surface area contributed by atoms with E-state index in [9.17, 15) is 10.1 Å². The van der Waals surface area contributed by atoms with Gasteiger partial charge in [-0.25, -0.2) is 9.98 Å². The van der Waals surface area contributed by atoms with Crippen molar-refractivity contribution < 1.29 is 14.3 Å². The van der Waals surface area contributed by atoms with Gasteiger partial charge < -0.3 is 25.0 Å². The van der Waals surface area contributed by atoms with E-state index in [1.807, 2.05) is 43.3 Å². The first kappa shape index (κ1) is 31.3. The number of allylic oxidation sites excluding steroid dienone is 7. The Morgan fingerprint density at radius 3 is 2.71 bits per heavy atom. The van der Waals surface area contributed by atoms with Crippen molar-refractivity contribution in [3.05, 3.63) is 88.9 Å². The van der Waals surface area contributed by atoms with Gasteiger partial charge in [0, 0.05) is 60.9 Å². The molecule has 41 heavy (non-hydrogen) atoms. The van der Waals surface area contributed by atoms with Crippen LogP contribution in [0.2, 0.25) is 0 Å². The number of aromatic nitrogens is 1. The Labute approximate surface area is 247 Å². The zero-order valence-electron chi connectivity index (χ0n) is 24.1. The summed E-state index contributed by atoms with van der Waals surface area (Å²) in [4.78, 5) is 24.1. The molecule has 1 aromatic heterocycles. The minimum Gasteiger partial charge on any atom is -0.494 e. The molecule has 0 bridgehead atoms. The first-order chi connectivity index (χ1) is 19.9. The molecule has 3 rings (SSSR count). The Kier molecular flexibility index (Phi) is 12.3. The smallest absolute Gasteiger partial charge is 0.219 e. The lowest BCUT2D eigenvalue weighted by atomic mass is 9.93. The average Bonchev–Trinajstić information content (AvgIpc) is 3.00. The Morgan fingerprint density at radius 1 is 1.32 bits per heavy atom. The lowest BCUT2D eigenvalue weighted by molar-refractivity contribution is -0.130. The minimum atomic E-state index is 0.119. The lowest BCUT2D eigenvalue weighted by Crippen LogP contribution is -2.39. The number of nitriles is 1. The molecular weight excluding hydrogens is 536 g/mol. The van der Waals surface area contributed by atoms with Crippen LogP contribution in [0.25, 0.3) is 0 Å². The molecule has 2 N–H and O–H groups in total. The van der Waals surface area contributed by atoms with Crippen LogP contribution in [0, 0.1) is 17.2 Å². The van der Waals surface area contributed by atoms with Gasteiger partial charge in [0.15, 0.2) is 11.4 Å². The van der Waals surface area contributed by atoms with E-state index in [2.05, 4.69) is 39.3 Å². The van der Waals surface area contributed by atoms with Gasteiger partial charge in [0.1, 0.15) is 17.6 Å². The second-order valence-electron chi connectivity index (χ2n) is 9.40. The van der Waals surface area contributed by atoms with Gasteiger partial charge in [0.25, 0.3) is 0 Å². The van der Waals surface area contributed by atoms with Gasteiger partial charge >= 0.3 is 0 Å². The van der Waals surface area contributed by atoms with Gasteiger partial charge in [-0.05, 0) is 56.9 Å². The number of piperidine rings is 1. The number of thioether (sulfide) groups is 1. The summed E-state index contributed by atoms with van der Waals surface area (Å²) in [5.74, 6) is 2.16. The molecule has 1 aliphatic heterocycles. The highest BCUT2D eigenvalue weighted by atomic mass is 32.2. The fourth-order valence-electron chi connectivity index (χ4n) is 4.32. The van der Waals surface area contributed by atoms with E-state index in [0.29, 0.717) is 23.1 Å². The molecule has 216 valence electrons. The first-order valence-electron chi connectivity index (χ1n) is 13.5. The molecule has 9 nitrogen and oxygen atoms in total.